The van der Waals surface area contributed by atoms with Crippen LogP contribution in [0.4, 0.5) is 0 Å². The van der Waals surface area contributed by atoms with E-state index in [1.807, 2.05) is 46.2 Å². The molecule has 5 nitrogen and oxygen atoms in total. The minimum atomic E-state index is -1.95. The van der Waals surface area contributed by atoms with Crippen molar-refractivity contribution < 1.29 is 19.1 Å². The number of β-lactam (4-membered cyclic amide) rings is 1. The fraction of sp³-hybridized carbons (Fsp3) is 0.833. The zero-order valence-electron chi connectivity index (χ0n) is 12.9. The van der Waals surface area contributed by atoms with Crippen LogP contribution in [0.15, 0.2) is 0 Å². The third kappa shape index (κ3) is 3.46. The van der Waals surface area contributed by atoms with Gasteiger partial charge in [0.2, 0.25) is 5.91 Å². The fourth-order valence-electron chi connectivity index (χ4n) is 2.61. The molecular weight excluding hydrogens is 278 g/mol. The van der Waals surface area contributed by atoms with Crippen LogP contribution in [0, 0.1) is 5.92 Å². The summed E-state index contributed by atoms with van der Waals surface area (Å²) in [4.78, 5) is 23.7. The van der Waals surface area contributed by atoms with Gasteiger partial charge in [-0.1, -0.05) is 19.6 Å². The van der Waals surface area contributed by atoms with E-state index in [0.717, 1.165) is 0 Å². The number of carboxylic acid groups (broad SMARTS) is 1. The van der Waals surface area contributed by atoms with Gasteiger partial charge in [-0.05, 0) is 26.6 Å². The molecule has 0 aromatic carbocycles. The highest BCUT2D eigenvalue weighted by molar-refractivity contribution is 6.76. The second kappa shape index (κ2) is 5.03. The lowest BCUT2D eigenvalue weighted by Gasteiger charge is -2.53. The fourth-order valence-corrected chi connectivity index (χ4v) is 5.79. The summed E-state index contributed by atoms with van der Waals surface area (Å²) in [5.74, 6) is -1.51. The molecule has 0 aromatic rings. The molecule has 110 valence electrons. The SMILES string of the molecule is C[C@@H](O[Si](C)(C)C)[C@H]1C(=O)N([Si](C)(C)C)[C@@H]1C(=O)O. The van der Waals surface area contributed by atoms with Gasteiger partial charge in [0, 0.05) is 0 Å². The maximum absolute atomic E-state index is 12.3. The van der Waals surface area contributed by atoms with Crippen LogP contribution in [-0.4, -0.2) is 50.2 Å². The van der Waals surface area contributed by atoms with E-state index in [1.165, 1.54) is 0 Å². The van der Waals surface area contributed by atoms with Gasteiger partial charge < -0.3 is 14.1 Å². The Morgan fingerprint density at radius 3 is 2.05 bits per heavy atom. The summed E-state index contributed by atoms with van der Waals surface area (Å²) in [6, 6.07) is -0.717. The first-order valence-corrected chi connectivity index (χ1v) is 13.5. The minimum Gasteiger partial charge on any atom is -0.480 e. The predicted octanol–water partition coefficient (Wildman–Crippen LogP) is 1.97. The average Bonchev–Trinajstić information content (AvgIpc) is 2.07. The van der Waals surface area contributed by atoms with E-state index in [2.05, 4.69) is 0 Å². The lowest BCUT2D eigenvalue weighted by atomic mass is 9.86. The van der Waals surface area contributed by atoms with Crippen molar-refractivity contribution in [2.45, 2.75) is 58.4 Å². The maximum atomic E-state index is 12.3. The number of amides is 1. The molecule has 0 bridgehead atoms. The molecular formula is C12H25NO4Si2. The zero-order chi connectivity index (χ0) is 15.2. The summed E-state index contributed by atoms with van der Waals surface area (Å²) >= 11 is 0. The number of carbonyl (C=O) groups is 2. The van der Waals surface area contributed by atoms with Gasteiger partial charge in [-0.3, -0.25) is 4.79 Å². The molecule has 1 N–H and O–H groups in total. The zero-order valence-corrected chi connectivity index (χ0v) is 14.9. The van der Waals surface area contributed by atoms with Gasteiger partial charge >= 0.3 is 5.97 Å². The molecule has 1 rings (SSSR count). The van der Waals surface area contributed by atoms with Crippen molar-refractivity contribution in [1.29, 1.82) is 0 Å². The normalized spacial score (nSPS) is 26.1. The highest BCUT2D eigenvalue weighted by Gasteiger charge is 2.58. The van der Waals surface area contributed by atoms with E-state index in [9.17, 15) is 14.7 Å². The van der Waals surface area contributed by atoms with Gasteiger partial charge in [-0.25, -0.2) is 4.79 Å². The van der Waals surface area contributed by atoms with Crippen LogP contribution in [-0.2, 0) is 14.0 Å². The van der Waals surface area contributed by atoms with Crippen molar-refractivity contribution in [3.05, 3.63) is 0 Å². The van der Waals surface area contributed by atoms with Crippen molar-refractivity contribution in [1.82, 2.24) is 4.57 Å². The molecule has 1 saturated heterocycles. The largest absolute Gasteiger partial charge is 0.480 e. The Bertz CT molecular complexity index is 386. The van der Waals surface area contributed by atoms with Gasteiger partial charge in [0.1, 0.15) is 6.04 Å². The summed E-state index contributed by atoms with van der Waals surface area (Å²) in [5, 5.41) is 9.39. The molecule has 0 radical (unpaired) electrons. The summed E-state index contributed by atoms with van der Waals surface area (Å²) in [6.07, 6.45) is -0.326. The third-order valence-electron chi connectivity index (χ3n) is 3.16. The van der Waals surface area contributed by atoms with E-state index in [4.69, 9.17) is 4.43 Å². The molecule has 19 heavy (non-hydrogen) atoms. The molecule has 1 aliphatic rings. The number of carboxylic acids is 1. The number of hydrogen-bond donors (Lipinski definition) is 1. The van der Waals surface area contributed by atoms with Crippen LogP contribution in [0.1, 0.15) is 6.92 Å². The second-order valence-electron chi connectivity index (χ2n) is 7.12. The Kier molecular flexibility index (Phi) is 4.34. The number of aliphatic carboxylic acids is 1. The standard InChI is InChI=1S/C12H25NO4Si2/c1-8(17-19(5,6)7)9-10(12(15)16)13(11(9)14)18(2,3)4/h8-10H,1-7H3,(H,15,16)/t8-,9-,10+/m1/s1. The smallest absolute Gasteiger partial charge is 0.326 e. The highest BCUT2D eigenvalue weighted by atomic mass is 28.4. The Morgan fingerprint density at radius 2 is 1.74 bits per heavy atom. The second-order valence-corrected chi connectivity index (χ2v) is 16.4. The number of hydrogen-bond acceptors (Lipinski definition) is 3. The Labute approximate surface area is 117 Å². The summed E-state index contributed by atoms with van der Waals surface area (Å²) in [6.45, 7) is 13.9. The molecule has 1 fully saturated rings. The van der Waals surface area contributed by atoms with Crippen molar-refractivity contribution >= 4 is 28.4 Å². The first-order chi connectivity index (χ1) is 8.36. The molecule has 0 aliphatic carbocycles. The molecule has 0 spiro atoms. The first kappa shape index (κ1) is 16.4. The lowest BCUT2D eigenvalue weighted by molar-refractivity contribution is -0.168. The van der Waals surface area contributed by atoms with Crippen LogP contribution < -0.4 is 0 Å². The molecule has 3 atom stereocenters. The molecule has 1 amide bonds. The molecule has 0 aromatic heterocycles. The number of nitrogens with zero attached hydrogens (tertiary/aromatic N) is 1. The van der Waals surface area contributed by atoms with E-state index in [0.29, 0.717) is 0 Å². The van der Waals surface area contributed by atoms with Gasteiger partial charge in [-0.15, -0.1) is 0 Å². The van der Waals surface area contributed by atoms with E-state index >= 15 is 0 Å². The monoisotopic (exact) mass is 303 g/mol. The van der Waals surface area contributed by atoms with Crippen LogP contribution in [0.3, 0.4) is 0 Å². The summed E-state index contributed by atoms with van der Waals surface area (Å²) in [5.41, 5.74) is 0. The van der Waals surface area contributed by atoms with Crippen LogP contribution >= 0.6 is 0 Å². The third-order valence-corrected chi connectivity index (χ3v) is 6.18. The van der Waals surface area contributed by atoms with Crippen LogP contribution in [0.2, 0.25) is 39.3 Å². The summed E-state index contributed by atoms with van der Waals surface area (Å²) in [7, 11) is -3.73. The van der Waals surface area contributed by atoms with Gasteiger partial charge in [0.05, 0.1) is 12.0 Å². The van der Waals surface area contributed by atoms with Crippen molar-refractivity contribution in [3.8, 4) is 0 Å². The van der Waals surface area contributed by atoms with Gasteiger partial charge in [-0.2, -0.15) is 0 Å². The van der Waals surface area contributed by atoms with Crippen molar-refractivity contribution in [2.24, 2.45) is 5.92 Å². The first-order valence-electron chi connectivity index (χ1n) is 6.60. The predicted molar refractivity (Wildman–Crippen MR) is 79.0 cm³/mol. The Morgan fingerprint density at radius 1 is 1.26 bits per heavy atom. The van der Waals surface area contributed by atoms with E-state index < -0.39 is 34.5 Å². The topological polar surface area (TPSA) is 66.8 Å². The number of carbonyl (C=O) groups excluding carboxylic acids is 1. The average molecular weight is 304 g/mol. The van der Waals surface area contributed by atoms with E-state index in [-0.39, 0.29) is 12.0 Å². The lowest BCUT2D eigenvalue weighted by Crippen LogP contribution is -2.74. The quantitative estimate of drug-likeness (QED) is 0.623. The highest BCUT2D eigenvalue weighted by Crippen LogP contribution is 2.36. The van der Waals surface area contributed by atoms with E-state index in [1.54, 1.807) is 4.57 Å². The van der Waals surface area contributed by atoms with Crippen molar-refractivity contribution in [3.63, 3.8) is 0 Å². The van der Waals surface area contributed by atoms with Crippen LogP contribution in [0.5, 0.6) is 0 Å². The molecule has 0 unspecified atom stereocenters. The summed E-state index contributed by atoms with van der Waals surface area (Å²) < 4.78 is 7.48. The number of rotatable bonds is 5. The molecule has 1 heterocycles. The maximum Gasteiger partial charge on any atom is 0.326 e. The van der Waals surface area contributed by atoms with Gasteiger partial charge in [0.15, 0.2) is 16.6 Å². The molecule has 1 aliphatic heterocycles. The minimum absolute atomic E-state index is 0.0580. The Hall–Kier alpha value is -0.666. The molecule has 0 saturated carbocycles. The van der Waals surface area contributed by atoms with Crippen LogP contribution in [0.25, 0.3) is 0 Å². The Balaban J connectivity index is 2.92. The van der Waals surface area contributed by atoms with Gasteiger partial charge in [0.25, 0.3) is 0 Å². The molecule has 7 heteroatoms. The van der Waals surface area contributed by atoms with Crippen molar-refractivity contribution in [2.75, 3.05) is 0 Å².